The molecule has 1 aliphatic rings. The standard InChI is InChI=1S/C12H17N3O/c1-15(2)12(5-3-4-6-12)11(16)10-7-13-9-14-8-10/h7-9H,3-6H2,1-2H3. The molecule has 0 unspecified atom stereocenters. The first-order valence-corrected chi connectivity index (χ1v) is 5.64. The number of carbonyl (C=O) groups is 1. The number of hydrogen-bond donors (Lipinski definition) is 0. The Balaban J connectivity index is 2.32. The normalized spacial score (nSPS) is 18.9. The van der Waals surface area contributed by atoms with Gasteiger partial charge in [-0.25, -0.2) is 9.97 Å². The third kappa shape index (κ3) is 1.73. The van der Waals surface area contributed by atoms with E-state index in [1.807, 2.05) is 14.1 Å². The third-order valence-corrected chi connectivity index (χ3v) is 3.53. The molecule has 4 heteroatoms. The predicted octanol–water partition coefficient (Wildman–Crippen LogP) is 1.53. The number of carbonyl (C=O) groups excluding carboxylic acids is 1. The van der Waals surface area contributed by atoms with Crippen LogP contribution in [0, 0.1) is 0 Å². The van der Waals surface area contributed by atoms with E-state index in [1.54, 1.807) is 12.4 Å². The Kier molecular flexibility index (Phi) is 3.01. The van der Waals surface area contributed by atoms with Crippen LogP contribution in [0.2, 0.25) is 0 Å². The van der Waals surface area contributed by atoms with Gasteiger partial charge in [-0.1, -0.05) is 12.8 Å². The number of Topliss-reactive ketones (excluding diaryl/α,β-unsaturated/α-hetero) is 1. The Morgan fingerprint density at radius 3 is 2.31 bits per heavy atom. The smallest absolute Gasteiger partial charge is 0.186 e. The summed E-state index contributed by atoms with van der Waals surface area (Å²) < 4.78 is 0. The van der Waals surface area contributed by atoms with Gasteiger partial charge in [0.05, 0.1) is 11.1 Å². The summed E-state index contributed by atoms with van der Waals surface area (Å²) in [6, 6.07) is 0. The van der Waals surface area contributed by atoms with Crippen LogP contribution in [-0.2, 0) is 0 Å². The van der Waals surface area contributed by atoms with Crippen LogP contribution in [0.25, 0.3) is 0 Å². The number of aromatic nitrogens is 2. The van der Waals surface area contributed by atoms with E-state index in [9.17, 15) is 4.79 Å². The molecule has 0 radical (unpaired) electrons. The number of hydrogen-bond acceptors (Lipinski definition) is 4. The molecule has 0 amide bonds. The van der Waals surface area contributed by atoms with E-state index >= 15 is 0 Å². The van der Waals surface area contributed by atoms with Crippen LogP contribution in [0.4, 0.5) is 0 Å². The summed E-state index contributed by atoms with van der Waals surface area (Å²) in [5.74, 6) is 0.163. The number of ketones is 1. The first kappa shape index (κ1) is 11.2. The van der Waals surface area contributed by atoms with Gasteiger partial charge in [0.1, 0.15) is 6.33 Å². The first-order valence-electron chi connectivity index (χ1n) is 5.64. The van der Waals surface area contributed by atoms with Gasteiger partial charge in [-0.3, -0.25) is 9.69 Å². The summed E-state index contributed by atoms with van der Waals surface area (Å²) in [5.41, 5.74) is 0.295. The zero-order chi connectivity index (χ0) is 11.6. The molecule has 2 rings (SSSR count). The van der Waals surface area contributed by atoms with E-state index in [2.05, 4.69) is 14.9 Å². The lowest BCUT2D eigenvalue weighted by Crippen LogP contribution is -2.48. The fourth-order valence-electron chi connectivity index (χ4n) is 2.52. The quantitative estimate of drug-likeness (QED) is 0.723. The lowest BCUT2D eigenvalue weighted by atomic mass is 9.87. The molecule has 0 aliphatic heterocycles. The zero-order valence-electron chi connectivity index (χ0n) is 9.81. The van der Waals surface area contributed by atoms with Crippen LogP contribution >= 0.6 is 0 Å². The van der Waals surface area contributed by atoms with Crippen molar-refractivity contribution in [2.45, 2.75) is 31.2 Å². The average molecular weight is 219 g/mol. The first-order chi connectivity index (χ1) is 7.67. The highest BCUT2D eigenvalue weighted by Crippen LogP contribution is 2.36. The molecule has 1 aliphatic carbocycles. The van der Waals surface area contributed by atoms with Crippen LogP contribution in [-0.4, -0.2) is 40.3 Å². The molecular formula is C12H17N3O. The van der Waals surface area contributed by atoms with Crippen molar-refractivity contribution in [3.8, 4) is 0 Å². The molecule has 1 aromatic rings. The van der Waals surface area contributed by atoms with E-state index in [1.165, 1.54) is 6.33 Å². The second-order valence-corrected chi connectivity index (χ2v) is 4.59. The van der Waals surface area contributed by atoms with Crippen molar-refractivity contribution in [3.63, 3.8) is 0 Å². The molecular weight excluding hydrogens is 202 g/mol. The maximum absolute atomic E-state index is 12.5. The minimum Gasteiger partial charge on any atom is -0.297 e. The second-order valence-electron chi connectivity index (χ2n) is 4.59. The third-order valence-electron chi connectivity index (χ3n) is 3.53. The highest BCUT2D eigenvalue weighted by Gasteiger charge is 2.43. The molecule has 0 N–H and O–H groups in total. The van der Waals surface area contributed by atoms with Crippen molar-refractivity contribution in [2.24, 2.45) is 0 Å². The summed E-state index contributed by atoms with van der Waals surface area (Å²) in [6.45, 7) is 0. The monoisotopic (exact) mass is 219 g/mol. The fourth-order valence-corrected chi connectivity index (χ4v) is 2.52. The molecule has 0 atom stereocenters. The zero-order valence-corrected chi connectivity index (χ0v) is 9.81. The Labute approximate surface area is 95.7 Å². The Morgan fingerprint density at radius 1 is 1.25 bits per heavy atom. The van der Waals surface area contributed by atoms with Gasteiger partial charge in [0.15, 0.2) is 5.78 Å². The predicted molar refractivity (Wildman–Crippen MR) is 61.2 cm³/mol. The lowest BCUT2D eigenvalue weighted by Gasteiger charge is -2.34. The molecule has 0 bridgehead atoms. The van der Waals surface area contributed by atoms with E-state index in [4.69, 9.17) is 0 Å². The van der Waals surface area contributed by atoms with Crippen LogP contribution in [0.1, 0.15) is 36.0 Å². The van der Waals surface area contributed by atoms with Crippen molar-refractivity contribution in [2.75, 3.05) is 14.1 Å². The second kappa shape index (κ2) is 4.29. The average Bonchev–Trinajstić information content (AvgIpc) is 2.79. The van der Waals surface area contributed by atoms with Gasteiger partial charge in [-0.15, -0.1) is 0 Å². The number of rotatable bonds is 3. The largest absolute Gasteiger partial charge is 0.297 e. The SMILES string of the molecule is CN(C)C1(C(=O)c2cncnc2)CCCC1. The van der Waals surface area contributed by atoms with Gasteiger partial charge in [0, 0.05) is 12.4 Å². The Bertz CT molecular complexity index is 369. The molecule has 1 saturated carbocycles. The van der Waals surface area contributed by atoms with Gasteiger partial charge >= 0.3 is 0 Å². The minimum absolute atomic E-state index is 0.163. The van der Waals surface area contributed by atoms with E-state index in [0.717, 1.165) is 25.7 Å². The number of nitrogens with zero attached hydrogens (tertiary/aromatic N) is 3. The lowest BCUT2D eigenvalue weighted by molar-refractivity contribution is 0.0692. The number of likely N-dealkylation sites (N-methyl/N-ethyl adjacent to an activating group) is 1. The summed E-state index contributed by atoms with van der Waals surface area (Å²) in [4.78, 5) is 22.4. The molecule has 0 aromatic carbocycles. The van der Waals surface area contributed by atoms with Crippen molar-refractivity contribution in [1.82, 2.24) is 14.9 Å². The van der Waals surface area contributed by atoms with Gasteiger partial charge in [-0.05, 0) is 26.9 Å². The molecule has 0 spiro atoms. The summed E-state index contributed by atoms with van der Waals surface area (Å²) in [5, 5.41) is 0. The molecule has 1 fully saturated rings. The summed E-state index contributed by atoms with van der Waals surface area (Å²) in [7, 11) is 3.96. The molecule has 1 heterocycles. The van der Waals surface area contributed by atoms with Crippen molar-refractivity contribution in [3.05, 3.63) is 24.3 Å². The van der Waals surface area contributed by atoms with Crippen LogP contribution < -0.4 is 0 Å². The Hall–Kier alpha value is -1.29. The van der Waals surface area contributed by atoms with Crippen molar-refractivity contribution < 1.29 is 4.79 Å². The van der Waals surface area contributed by atoms with Crippen LogP contribution in [0.15, 0.2) is 18.7 Å². The summed E-state index contributed by atoms with van der Waals surface area (Å²) >= 11 is 0. The van der Waals surface area contributed by atoms with Crippen molar-refractivity contribution >= 4 is 5.78 Å². The van der Waals surface area contributed by atoms with Gasteiger partial charge in [-0.2, -0.15) is 0 Å². The summed E-state index contributed by atoms with van der Waals surface area (Å²) in [6.07, 6.45) is 8.79. The highest BCUT2D eigenvalue weighted by atomic mass is 16.1. The molecule has 16 heavy (non-hydrogen) atoms. The molecule has 1 aromatic heterocycles. The van der Waals surface area contributed by atoms with E-state index < -0.39 is 0 Å². The Morgan fingerprint density at radius 2 is 1.81 bits per heavy atom. The highest BCUT2D eigenvalue weighted by molar-refractivity contribution is 6.03. The van der Waals surface area contributed by atoms with Crippen LogP contribution in [0.5, 0.6) is 0 Å². The fraction of sp³-hybridized carbons (Fsp3) is 0.583. The maximum Gasteiger partial charge on any atom is 0.186 e. The van der Waals surface area contributed by atoms with Gasteiger partial charge in [0.25, 0.3) is 0 Å². The van der Waals surface area contributed by atoms with E-state index in [0.29, 0.717) is 5.56 Å². The molecule has 86 valence electrons. The minimum atomic E-state index is -0.329. The van der Waals surface area contributed by atoms with E-state index in [-0.39, 0.29) is 11.3 Å². The topological polar surface area (TPSA) is 46.1 Å². The molecule has 4 nitrogen and oxygen atoms in total. The van der Waals surface area contributed by atoms with Gasteiger partial charge < -0.3 is 0 Å². The van der Waals surface area contributed by atoms with Crippen LogP contribution in [0.3, 0.4) is 0 Å². The molecule has 0 saturated heterocycles. The van der Waals surface area contributed by atoms with Crippen molar-refractivity contribution in [1.29, 1.82) is 0 Å². The van der Waals surface area contributed by atoms with Gasteiger partial charge in [0.2, 0.25) is 0 Å². The maximum atomic E-state index is 12.5.